The molecule has 1 unspecified atom stereocenters. The van der Waals surface area contributed by atoms with E-state index < -0.39 is 0 Å². The first-order valence-corrected chi connectivity index (χ1v) is 6.86. The van der Waals surface area contributed by atoms with Crippen molar-refractivity contribution in [3.63, 3.8) is 0 Å². The largest absolute Gasteiger partial charge is 0.497 e. The van der Waals surface area contributed by atoms with E-state index in [-0.39, 0.29) is 6.04 Å². The third-order valence-electron chi connectivity index (χ3n) is 3.09. The lowest BCUT2D eigenvalue weighted by Crippen LogP contribution is -2.35. The predicted molar refractivity (Wildman–Crippen MR) is 73.3 cm³/mol. The molecule has 1 atom stereocenters. The number of nitrogens with zero attached hydrogens (tertiary/aromatic N) is 1. The third-order valence-corrected chi connectivity index (χ3v) is 3.09. The molecule has 0 aliphatic carbocycles. The number of pyridine rings is 1. The average Bonchev–Trinajstić information content (AvgIpc) is 2.45. The van der Waals surface area contributed by atoms with Gasteiger partial charge in [0.15, 0.2) is 0 Å². The fourth-order valence-corrected chi connectivity index (χ4v) is 2.14. The SMILES string of the molecule is CCCNC(Cc1ccccn1)C1=CCCCO1. The lowest BCUT2D eigenvalue weighted by molar-refractivity contribution is 0.167. The molecule has 0 fully saturated rings. The molecule has 0 saturated heterocycles. The number of rotatable bonds is 6. The van der Waals surface area contributed by atoms with Crippen LogP contribution < -0.4 is 5.32 Å². The van der Waals surface area contributed by atoms with Gasteiger partial charge in [0, 0.05) is 18.3 Å². The van der Waals surface area contributed by atoms with E-state index in [2.05, 4.69) is 29.4 Å². The van der Waals surface area contributed by atoms with Crippen molar-refractivity contribution in [3.8, 4) is 0 Å². The zero-order valence-electron chi connectivity index (χ0n) is 11.1. The smallest absolute Gasteiger partial charge is 0.109 e. The summed E-state index contributed by atoms with van der Waals surface area (Å²) in [5.41, 5.74) is 1.11. The molecule has 1 aliphatic rings. The van der Waals surface area contributed by atoms with Crippen LogP contribution in [0.4, 0.5) is 0 Å². The quantitative estimate of drug-likeness (QED) is 0.838. The van der Waals surface area contributed by atoms with Gasteiger partial charge in [0.05, 0.1) is 12.6 Å². The van der Waals surface area contributed by atoms with Crippen molar-refractivity contribution < 1.29 is 4.74 Å². The molecule has 1 N–H and O–H groups in total. The van der Waals surface area contributed by atoms with Gasteiger partial charge in [-0.05, 0) is 44.0 Å². The highest BCUT2D eigenvalue weighted by atomic mass is 16.5. The molecule has 2 rings (SSSR count). The fourth-order valence-electron chi connectivity index (χ4n) is 2.14. The molecular weight excluding hydrogens is 224 g/mol. The van der Waals surface area contributed by atoms with Crippen molar-refractivity contribution in [3.05, 3.63) is 41.9 Å². The third kappa shape index (κ3) is 3.84. The van der Waals surface area contributed by atoms with Crippen molar-refractivity contribution in [1.29, 1.82) is 0 Å². The fraction of sp³-hybridized carbons (Fsp3) is 0.533. The Bertz CT molecular complexity index is 375. The van der Waals surface area contributed by atoms with Crippen LogP contribution in [0, 0.1) is 0 Å². The summed E-state index contributed by atoms with van der Waals surface area (Å²) in [6.45, 7) is 4.04. The lowest BCUT2D eigenvalue weighted by Gasteiger charge is -2.24. The minimum absolute atomic E-state index is 0.264. The van der Waals surface area contributed by atoms with E-state index in [9.17, 15) is 0 Å². The van der Waals surface area contributed by atoms with Gasteiger partial charge in [0.25, 0.3) is 0 Å². The second-order valence-corrected chi connectivity index (χ2v) is 4.63. The maximum Gasteiger partial charge on any atom is 0.109 e. The van der Waals surface area contributed by atoms with E-state index in [4.69, 9.17) is 4.74 Å². The molecule has 18 heavy (non-hydrogen) atoms. The van der Waals surface area contributed by atoms with Gasteiger partial charge in [-0.1, -0.05) is 13.0 Å². The Kier molecular flexibility index (Phi) is 5.21. The van der Waals surface area contributed by atoms with Gasteiger partial charge >= 0.3 is 0 Å². The molecule has 98 valence electrons. The van der Waals surface area contributed by atoms with Gasteiger partial charge in [-0.2, -0.15) is 0 Å². The first-order chi connectivity index (χ1) is 8.90. The van der Waals surface area contributed by atoms with Crippen LogP contribution in [0.3, 0.4) is 0 Å². The number of hydrogen-bond acceptors (Lipinski definition) is 3. The summed E-state index contributed by atoms with van der Waals surface area (Å²) >= 11 is 0. The lowest BCUT2D eigenvalue weighted by atomic mass is 10.1. The van der Waals surface area contributed by atoms with Gasteiger partial charge in [-0.25, -0.2) is 0 Å². The Labute approximate surface area is 109 Å². The monoisotopic (exact) mass is 246 g/mol. The first-order valence-electron chi connectivity index (χ1n) is 6.86. The number of aromatic nitrogens is 1. The van der Waals surface area contributed by atoms with E-state index >= 15 is 0 Å². The van der Waals surface area contributed by atoms with Crippen molar-refractivity contribution in [2.24, 2.45) is 0 Å². The Balaban J connectivity index is 2.02. The van der Waals surface area contributed by atoms with Gasteiger partial charge in [-0.15, -0.1) is 0 Å². The zero-order valence-corrected chi connectivity index (χ0v) is 11.1. The van der Waals surface area contributed by atoms with Crippen LogP contribution in [-0.4, -0.2) is 24.2 Å². The van der Waals surface area contributed by atoms with Gasteiger partial charge in [0.2, 0.25) is 0 Å². The molecule has 0 aromatic carbocycles. The molecule has 0 spiro atoms. The Morgan fingerprint density at radius 1 is 1.44 bits per heavy atom. The Hall–Kier alpha value is -1.35. The number of nitrogens with one attached hydrogen (secondary N) is 1. The highest BCUT2D eigenvalue weighted by Gasteiger charge is 2.18. The summed E-state index contributed by atoms with van der Waals surface area (Å²) in [5.74, 6) is 1.10. The minimum atomic E-state index is 0.264. The number of hydrogen-bond donors (Lipinski definition) is 1. The van der Waals surface area contributed by atoms with Crippen molar-refractivity contribution >= 4 is 0 Å². The van der Waals surface area contributed by atoms with Gasteiger partial charge in [-0.3, -0.25) is 4.98 Å². The van der Waals surface area contributed by atoms with Crippen LogP contribution in [-0.2, 0) is 11.2 Å². The molecular formula is C15H22N2O. The minimum Gasteiger partial charge on any atom is -0.497 e. The summed E-state index contributed by atoms with van der Waals surface area (Å²) in [6, 6.07) is 6.33. The number of allylic oxidation sites excluding steroid dienone is 1. The van der Waals surface area contributed by atoms with E-state index in [1.165, 1.54) is 0 Å². The highest BCUT2D eigenvalue weighted by Crippen LogP contribution is 2.16. The predicted octanol–water partition coefficient (Wildman–Crippen LogP) is 2.69. The molecule has 0 amide bonds. The maximum absolute atomic E-state index is 5.78. The van der Waals surface area contributed by atoms with Crippen molar-refractivity contribution in [2.75, 3.05) is 13.2 Å². The Morgan fingerprint density at radius 2 is 2.39 bits per heavy atom. The van der Waals surface area contributed by atoms with Gasteiger partial charge < -0.3 is 10.1 Å². The molecule has 1 aromatic rings. The molecule has 1 aromatic heterocycles. The topological polar surface area (TPSA) is 34.2 Å². The molecule has 1 aliphatic heterocycles. The zero-order chi connectivity index (χ0) is 12.6. The number of ether oxygens (including phenoxy) is 1. The van der Waals surface area contributed by atoms with Crippen molar-refractivity contribution in [2.45, 2.75) is 38.6 Å². The first kappa shape index (κ1) is 13.1. The van der Waals surface area contributed by atoms with E-state index in [0.29, 0.717) is 0 Å². The van der Waals surface area contributed by atoms with E-state index in [1.807, 2.05) is 18.3 Å². The van der Waals surface area contributed by atoms with Gasteiger partial charge in [0.1, 0.15) is 5.76 Å². The highest BCUT2D eigenvalue weighted by molar-refractivity contribution is 5.13. The molecule has 0 saturated carbocycles. The van der Waals surface area contributed by atoms with Crippen LogP contribution in [0.5, 0.6) is 0 Å². The van der Waals surface area contributed by atoms with Crippen LogP contribution in [0.2, 0.25) is 0 Å². The molecule has 3 nitrogen and oxygen atoms in total. The summed E-state index contributed by atoms with van der Waals surface area (Å²) < 4.78 is 5.78. The van der Waals surface area contributed by atoms with Crippen LogP contribution in [0.25, 0.3) is 0 Å². The summed E-state index contributed by atoms with van der Waals surface area (Å²) in [4.78, 5) is 4.40. The normalized spacial score (nSPS) is 16.8. The van der Waals surface area contributed by atoms with Crippen LogP contribution in [0.15, 0.2) is 36.2 Å². The molecule has 3 heteroatoms. The van der Waals surface area contributed by atoms with E-state index in [0.717, 1.165) is 50.3 Å². The second kappa shape index (κ2) is 7.17. The van der Waals surface area contributed by atoms with E-state index in [1.54, 1.807) is 0 Å². The maximum atomic E-state index is 5.78. The second-order valence-electron chi connectivity index (χ2n) is 4.63. The molecule has 0 radical (unpaired) electrons. The van der Waals surface area contributed by atoms with Crippen LogP contribution in [0.1, 0.15) is 31.9 Å². The molecule has 2 heterocycles. The summed E-state index contributed by atoms with van der Waals surface area (Å²) in [7, 11) is 0. The average molecular weight is 246 g/mol. The summed E-state index contributed by atoms with van der Waals surface area (Å²) in [5, 5.41) is 3.55. The standard InChI is InChI=1S/C15H22N2O/c1-2-9-17-14(15-8-4-6-11-18-15)12-13-7-3-5-10-16-13/h3,5,7-8,10,14,17H,2,4,6,9,11-12H2,1H3. The Morgan fingerprint density at radius 3 is 3.06 bits per heavy atom. The summed E-state index contributed by atoms with van der Waals surface area (Å²) in [6.07, 6.45) is 8.36. The molecule has 0 bridgehead atoms. The van der Waals surface area contributed by atoms with Crippen LogP contribution >= 0.6 is 0 Å². The van der Waals surface area contributed by atoms with Crippen molar-refractivity contribution in [1.82, 2.24) is 10.3 Å².